The smallest absolute Gasteiger partial charge is 0.0933 e. The Balaban J connectivity index is 1.96. The van der Waals surface area contributed by atoms with Gasteiger partial charge in [-0.1, -0.05) is 0 Å². The van der Waals surface area contributed by atoms with Crippen LogP contribution in [0.2, 0.25) is 0 Å². The summed E-state index contributed by atoms with van der Waals surface area (Å²) in [5.74, 6) is 0. The van der Waals surface area contributed by atoms with Crippen LogP contribution in [0.15, 0.2) is 12.4 Å². The molecule has 2 atom stereocenters. The molecule has 0 aliphatic carbocycles. The molecule has 1 aliphatic rings. The molecule has 1 fully saturated rings. The molecule has 0 radical (unpaired) electrons. The van der Waals surface area contributed by atoms with Crippen molar-refractivity contribution in [2.75, 3.05) is 19.8 Å². The Labute approximate surface area is 95.6 Å². The van der Waals surface area contributed by atoms with Crippen LogP contribution < -0.4 is 0 Å². The maximum atomic E-state index is 9.10. The Bertz CT molecular complexity index is 340. The van der Waals surface area contributed by atoms with Crippen molar-refractivity contribution >= 4 is 0 Å². The topological polar surface area (TPSA) is 50.5 Å². The highest BCUT2D eigenvalue weighted by molar-refractivity contribution is 5.04. The average molecular weight is 225 g/mol. The molecule has 0 spiro atoms. The number of hydrogen-bond acceptors (Lipinski definition) is 4. The number of morpholine rings is 1. The van der Waals surface area contributed by atoms with E-state index in [1.165, 1.54) is 5.56 Å². The minimum Gasteiger partial charge on any atom is -0.394 e. The minimum absolute atomic E-state index is 0.0483. The lowest BCUT2D eigenvalue weighted by Crippen LogP contribution is -2.48. The molecule has 1 aromatic heterocycles. The maximum Gasteiger partial charge on any atom is 0.0933 e. The molecule has 5 nitrogen and oxygen atoms in total. The molecule has 0 saturated carbocycles. The number of aromatic nitrogens is 2. The molecule has 2 heterocycles. The van der Waals surface area contributed by atoms with Gasteiger partial charge in [0.2, 0.25) is 0 Å². The van der Waals surface area contributed by atoms with Crippen molar-refractivity contribution in [3.63, 3.8) is 0 Å². The van der Waals surface area contributed by atoms with Gasteiger partial charge >= 0.3 is 0 Å². The number of aliphatic hydroxyl groups excluding tert-OH is 1. The van der Waals surface area contributed by atoms with E-state index in [4.69, 9.17) is 9.84 Å². The van der Waals surface area contributed by atoms with E-state index in [-0.39, 0.29) is 12.7 Å². The van der Waals surface area contributed by atoms with Crippen LogP contribution in [0.5, 0.6) is 0 Å². The molecule has 16 heavy (non-hydrogen) atoms. The zero-order valence-corrected chi connectivity index (χ0v) is 9.83. The van der Waals surface area contributed by atoms with E-state index in [2.05, 4.69) is 16.9 Å². The van der Waals surface area contributed by atoms with Crippen LogP contribution in [-0.2, 0) is 18.3 Å². The largest absolute Gasteiger partial charge is 0.394 e. The van der Waals surface area contributed by atoms with Crippen LogP contribution in [0.4, 0.5) is 0 Å². The number of rotatable bonds is 3. The Morgan fingerprint density at radius 3 is 3.06 bits per heavy atom. The fourth-order valence-corrected chi connectivity index (χ4v) is 1.99. The molecule has 1 aromatic rings. The molecule has 0 amide bonds. The third-order valence-corrected chi connectivity index (χ3v) is 2.98. The summed E-state index contributed by atoms with van der Waals surface area (Å²) in [6.07, 6.45) is 3.86. The zero-order valence-electron chi connectivity index (χ0n) is 9.83. The Kier molecular flexibility index (Phi) is 3.58. The fourth-order valence-electron chi connectivity index (χ4n) is 1.99. The summed E-state index contributed by atoms with van der Waals surface area (Å²) in [6, 6.07) is 0.392. The van der Waals surface area contributed by atoms with Crippen LogP contribution in [-0.4, -0.2) is 51.7 Å². The summed E-state index contributed by atoms with van der Waals surface area (Å²) in [6.45, 7) is 4.58. The van der Waals surface area contributed by atoms with Gasteiger partial charge in [-0.05, 0) is 6.92 Å². The predicted molar refractivity (Wildman–Crippen MR) is 59.9 cm³/mol. The van der Waals surface area contributed by atoms with Gasteiger partial charge in [0.1, 0.15) is 0 Å². The van der Waals surface area contributed by atoms with Crippen molar-refractivity contribution in [2.45, 2.75) is 25.6 Å². The molecule has 0 aromatic carbocycles. The summed E-state index contributed by atoms with van der Waals surface area (Å²) >= 11 is 0. The van der Waals surface area contributed by atoms with Gasteiger partial charge in [0.05, 0.1) is 25.5 Å². The molecule has 1 aliphatic heterocycles. The first-order valence-corrected chi connectivity index (χ1v) is 5.63. The van der Waals surface area contributed by atoms with Gasteiger partial charge in [0.25, 0.3) is 0 Å². The molecule has 1 saturated heterocycles. The van der Waals surface area contributed by atoms with Gasteiger partial charge in [0.15, 0.2) is 0 Å². The van der Waals surface area contributed by atoms with Crippen molar-refractivity contribution in [2.24, 2.45) is 7.05 Å². The standard InChI is InChI=1S/C11H19N3O2/c1-9-8-16-11(7-15)6-14(9)5-10-3-12-13(2)4-10/h3-4,9,11,15H,5-8H2,1-2H3. The zero-order chi connectivity index (χ0) is 11.5. The molecule has 5 heteroatoms. The first kappa shape index (κ1) is 11.6. The van der Waals surface area contributed by atoms with Gasteiger partial charge < -0.3 is 9.84 Å². The van der Waals surface area contributed by atoms with E-state index in [0.29, 0.717) is 12.6 Å². The quantitative estimate of drug-likeness (QED) is 0.787. The summed E-state index contributed by atoms with van der Waals surface area (Å²) in [5.41, 5.74) is 1.20. The van der Waals surface area contributed by atoms with Crippen molar-refractivity contribution in [3.8, 4) is 0 Å². The lowest BCUT2D eigenvalue weighted by molar-refractivity contribution is -0.0805. The van der Waals surface area contributed by atoms with Crippen molar-refractivity contribution in [1.82, 2.24) is 14.7 Å². The van der Waals surface area contributed by atoms with Gasteiger partial charge in [-0.25, -0.2) is 0 Å². The third kappa shape index (κ3) is 2.61. The van der Waals surface area contributed by atoms with Gasteiger partial charge in [-0.15, -0.1) is 0 Å². The SMILES string of the molecule is CC1COC(CO)CN1Cc1cnn(C)c1. The second-order valence-corrected chi connectivity index (χ2v) is 4.44. The summed E-state index contributed by atoms with van der Waals surface area (Å²) < 4.78 is 7.31. The first-order valence-electron chi connectivity index (χ1n) is 5.63. The Morgan fingerprint density at radius 2 is 2.44 bits per heavy atom. The Hall–Kier alpha value is -0.910. The molecule has 90 valence electrons. The summed E-state index contributed by atoms with van der Waals surface area (Å²) in [5, 5.41) is 13.3. The molecule has 2 rings (SSSR count). The van der Waals surface area contributed by atoms with Gasteiger partial charge in [0, 0.05) is 37.9 Å². The molecule has 0 bridgehead atoms. The lowest BCUT2D eigenvalue weighted by Gasteiger charge is -2.37. The van der Waals surface area contributed by atoms with Crippen LogP contribution in [0.25, 0.3) is 0 Å². The van der Waals surface area contributed by atoms with E-state index < -0.39 is 0 Å². The maximum absolute atomic E-state index is 9.10. The highest BCUT2D eigenvalue weighted by atomic mass is 16.5. The molecular weight excluding hydrogens is 206 g/mol. The van der Waals surface area contributed by atoms with Crippen LogP contribution >= 0.6 is 0 Å². The van der Waals surface area contributed by atoms with Gasteiger partial charge in [-0.2, -0.15) is 5.10 Å². The van der Waals surface area contributed by atoms with Crippen molar-refractivity contribution in [3.05, 3.63) is 18.0 Å². The van der Waals surface area contributed by atoms with Crippen LogP contribution in [0, 0.1) is 0 Å². The number of nitrogens with zero attached hydrogens (tertiary/aromatic N) is 3. The van der Waals surface area contributed by atoms with Gasteiger partial charge in [-0.3, -0.25) is 9.58 Å². The minimum atomic E-state index is -0.0483. The van der Waals surface area contributed by atoms with Crippen molar-refractivity contribution < 1.29 is 9.84 Å². The van der Waals surface area contributed by atoms with E-state index >= 15 is 0 Å². The summed E-state index contributed by atoms with van der Waals surface area (Å²) in [7, 11) is 1.92. The summed E-state index contributed by atoms with van der Waals surface area (Å²) in [4.78, 5) is 2.32. The Morgan fingerprint density at radius 1 is 1.62 bits per heavy atom. The van der Waals surface area contributed by atoms with Crippen LogP contribution in [0.1, 0.15) is 12.5 Å². The second-order valence-electron chi connectivity index (χ2n) is 4.44. The molecule has 1 N–H and O–H groups in total. The second kappa shape index (κ2) is 4.95. The van der Waals surface area contributed by atoms with E-state index in [0.717, 1.165) is 13.1 Å². The van der Waals surface area contributed by atoms with E-state index in [1.807, 2.05) is 24.1 Å². The van der Waals surface area contributed by atoms with E-state index in [1.54, 1.807) is 0 Å². The van der Waals surface area contributed by atoms with Crippen molar-refractivity contribution in [1.29, 1.82) is 0 Å². The number of ether oxygens (including phenoxy) is 1. The predicted octanol–water partition coefficient (Wildman–Crippen LogP) is 0.00170. The van der Waals surface area contributed by atoms with E-state index in [9.17, 15) is 0 Å². The normalized spacial score (nSPS) is 27.2. The number of aryl methyl sites for hydroxylation is 1. The van der Waals surface area contributed by atoms with Crippen LogP contribution in [0.3, 0.4) is 0 Å². The lowest BCUT2D eigenvalue weighted by atomic mass is 10.2. The highest BCUT2D eigenvalue weighted by Gasteiger charge is 2.25. The fraction of sp³-hybridized carbons (Fsp3) is 0.727. The average Bonchev–Trinajstić information content (AvgIpc) is 2.67. The monoisotopic (exact) mass is 225 g/mol. The third-order valence-electron chi connectivity index (χ3n) is 2.98. The number of hydrogen-bond donors (Lipinski definition) is 1. The molecular formula is C11H19N3O2. The highest BCUT2D eigenvalue weighted by Crippen LogP contribution is 2.14. The number of aliphatic hydroxyl groups is 1. The molecule has 2 unspecified atom stereocenters. The first-order chi connectivity index (χ1) is 7.69.